The Morgan fingerprint density at radius 1 is 1.29 bits per heavy atom. The van der Waals surface area contributed by atoms with E-state index in [0.29, 0.717) is 16.5 Å². The molecule has 1 heterocycles. The van der Waals surface area contributed by atoms with Gasteiger partial charge in [-0.2, -0.15) is 10.2 Å². The number of nitrogens with one attached hydrogen (secondary N) is 1. The highest BCUT2D eigenvalue weighted by Crippen LogP contribution is 2.29. The number of H-pyrrole nitrogens is 1. The van der Waals surface area contributed by atoms with Crippen LogP contribution in [0.2, 0.25) is 5.02 Å². The summed E-state index contributed by atoms with van der Waals surface area (Å²) in [4.78, 5) is 0. The van der Waals surface area contributed by atoms with E-state index < -0.39 is 0 Å². The van der Waals surface area contributed by atoms with E-state index in [4.69, 9.17) is 17.3 Å². The van der Waals surface area contributed by atoms with Gasteiger partial charge in [-0.1, -0.05) is 17.7 Å². The van der Waals surface area contributed by atoms with Crippen LogP contribution in [0.4, 0.5) is 17.2 Å². The van der Waals surface area contributed by atoms with Crippen LogP contribution >= 0.6 is 11.6 Å². The van der Waals surface area contributed by atoms with Gasteiger partial charge in [0.25, 0.3) is 0 Å². The van der Waals surface area contributed by atoms with E-state index in [1.165, 1.54) is 0 Å². The molecule has 1 aromatic heterocycles. The van der Waals surface area contributed by atoms with E-state index in [9.17, 15) is 0 Å². The number of aryl methyl sites for hydroxylation is 1. The lowest BCUT2D eigenvalue weighted by molar-refractivity contribution is 1.05. The molecule has 17 heavy (non-hydrogen) atoms. The highest BCUT2D eigenvalue weighted by molar-refractivity contribution is 6.31. The molecule has 2 aromatic rings. The van der Waals surface area contributed by atoms with Gasteiger partial charge in [-0.25, -0.2) is 0 Å². The number of benzene rings is 1. The van der Waals surface area contributed by atoms with Gasteiger partial charge < -0.3 is 5.73 Å². The van der Waals surface area contributed by atoms with Crippen molar-refractivity contribution in [2.45, 2.75) is 13.8 Å². The monoisotopic (exact) mass is 249 g/mol. The van der Waals surface area contributed by atoms with Crippen LogP contribution < -0.4 is 5.73 Å². The third-order valence-corrected chi connectivity index (χ3v) is 2.85. The first-order chi connectivity index (χ1) is 8.09. The van der Waals surface area contributed by atoms with E-state index in [1.54, 1.807) is 0 Å². The van der Waals surface area contributed by atoms with Gasteiger partial charge in [-0.05, 0) is 31.5 Å². The van der Waals surface area contributed by atoms with Gasteiger partial charge in [0.05, 0.1) is 11.4 Å². The molecule has 0 aliphatic heterocycles. The number of halogens is 1. The van der Waals surface area contributed by atoms with Crippen LogP contribution in [0.5, 0.6) is 0 Å². The van der Waals surface area contributed by atoms with E-state index >= 15 is 0 Å². The molecule has 0 spiro atoms. The third-order valence-electron chi connectivity index (χ3n) is 2.44. The first-order valence-corrected chi connectivity index (χ1v) is 5.44. The Hall–Kier alpha value is -1.88. The molecule has 0 saturated heterocycles. The summed E-state index contributed by atoms with van der Waals surface area (Å²) in [5.74, 6) is 0.339. The van der Waals surface area contributed by atoms with Crippen LogP contribution in [0.1, 0.15) is 11.3 Å². The summed E-state index contributed by atoms with van der Waals surface area (Å²) in [6.45, 7) is 3.73. The number of hydrogen-bond acceptors (Lipinski definition) is 4. The quantitative estimate of drug-likeness (QED) is 0.796. The van der Waals surface area contributed by atoms with Crippen LogP contribution in [0.15, 0.2) is 28.4 Å². The van der Waals surface area contributed by atoms with Crippen molar-refractivity contribution < 1.29 is 0 Å². The number of aromatic nitrogens is 2. The predicted molar refractivity (Wildman–Crippen MR) is 68.1 cm³/mol. The summed E-state index contributed by atoms with van der Waals surface area (Å²) in [7, 11) is 0. The van der Waals surface area contributed by atoms with Crippen molar-refractivity contribution in [3.63, 3.8) is 0 Å². The summed E-state index contributed by atoms with van der Waals surface area (Å²) < 4.78 is 0. The Kier molecular flexibility index (Phi) is 3.10. The predicted octanol–water partition coefficient (Wildman–Crippen LogP) is 3.68. The number of nitrogens with two attached hydrogens (primary N) is 1. The standard InChI is InChI=1S/C11H12ClN5/c1-6-8(12)4-3-5-9(6)15-16-10-7(2)14-17-11(10)13/h3-5H,1-2H3,(H3,13,14,17). The number of rotatable bonds is 2. The molecule has 0 radical (unpaired) electrons. The second kappa shape index (κ2) is 4.55. The fraction of sp³-hybridized carbons (Fsp3) is 0.182. The number of aromatic amines is 1. The van der Waals surface area contributed by atoms with Gasteiger partial charge in [0, 0.05) is 5.02 Å². The molecular weight excluding hydrogens is 238 g/mol. The summed E-state index contributed by atoms with van der Waals surface area (Å²) in [6, 6.07) is 5.49. The fourth-order valence-electron chi connectivity index (χ4n) is 1.38. The number of hydrogen-bond donors (Lipinski definition) is 2. The second-order valence-electron chi connectivity index (χ2n) is 3.67. The molecule has 0 bridgehead atoms. The lowest BCUT2D eigenvalue weighted by Crippen LogP contribution is -1.83. The maximum Gasteiger partial charge on any atom is 0.173 e. The molecule has 0 aliphatic rings. The van der Waals surface area contributed by atoms with Crippen molar-refractivity contribution >= 4 is 28.8 Å². The zero-order chi connectivity index (χ0) is 12.4. The van der Waals surface area contributed by atoms with Crippen molar-refractivity contribution in [3.8, 4) is 0 Å². The minimum absolute atomic E-state index is 0.339. The van der Waals surface area contributed by atoms with Gasteiger partial charge in [-0.3, -0.25) is 5.10 Å². The Balaban J connectivity index is 2.36. The molecule has 88 valence electrons. The number of nitrogen functional groups attached to an aromatic ring is 1. The maximum atomic E-state index is 5.99. The van der Waals surface area contributed by atoms with Crippen molar-refractivity contribution in [1.29, 1.82) is 0 Å². The van der Waals surface area contributed by atoms with E-state index in [-0.39, 0.29) is 0 Å². The second-order valence-corrected chi connectivity index (χ2v) is 4.07. The Morgan fingerprint density at radius 2 is 2.06 bits per heavy atom. The molecule has 0 aliphatic carbocycles. The molecule has 0 unspecified atom stereocenters. The molecule has 3 N–H and O–H groups in total. The zero-order valence-corrected chi connectivity index (χ0v) is 10.3. The zero-order valence-electron chi connectivity index (χ0n) is 9.53. The maximum absolute atomic E-state index is 5.99. The molecule has 5 nitrogen and oxygen atoms in total. The van der Waals surface area contributed by atoms with Crippen LogP contribution in [0, 0.1) is 13.8 Å². The smallest absolute Gasteiger partial charge is 0.173 e. The summed E-state index contributed by atoms with van der Waals surface area (Å²) >= 11 is 5.99. The lowest BCUT2D eigenvalue weighted by atomic mass is 10.2. The van der Waals surface area contributed by atoms with Gasteiger partial charge >= 0.3 is 0 Å². The van der Waals surface area contributed by atoms with Gasteiger partial charge in [0.15, 0.2) is 5.82 Å². The van der Waals surface area contributed by atoms with Crippen molar-refractivity contribution in [3.05, 3.63) is 34.5 Å². The molecule has 0 fully saturated rings. The molecule has 0 atom stereocenters. The molecule has 1 aromatic carbocycles. The topological polar surface area (TPSA) is 79.4 Å². The van der Waals surface area contributed by atoms with E-state index in [1.807, 2.05) is 32.0 Å². The summed E-state index contributed by atoms with van der Waals surface area (Å²) in [5, 5.41) is 15.5. The van der Waals surface area contributed by atoms with Gasteiger partial charge in [0.2, 0.25) is 0 Å². The average Bonchev–Trinajstić information content (AvgIpc) is 2.62. The molecule has 0 amide bonds. The van der Waals surface area contributed by atoms with Crippen LogP contribution in [-0.2, 0) is 0 Å². The normalized spacial score (nSPS) is 11.2. The molecule has 6 heteroatoms. The molecule has 2 rings (SSSR count). The first kappa shape index (κ1) is 11.6. The SMILES string of the molecule is Cc1[nH]nc(N)c1N=Nc1cccc(Cl)c1C. The average molecular weight is 250 g/mol. The van der Waals surface area contributed by atoms with Gasteiger partial charge in [-0.15, -0.1) is 5.11 Å². The van der Waals surface area contributed by atoms with Crippen molar-refractivity contribution in [2.75, 3.05) is 5.73 Å². The molecule has 0 saturated carbocycles. The van der Waals surface area contributed by atoms with E-state index in [0.717, 1.165) is 16.9 Å². The van der Waals surface area contributed by atoms with Crippen LogP contribution in [0.25, 0.3) is 0 Å². The largest absolute Gasteiger partial charge is 0.380 e. The highest BCUT2D eigenvalue weighted by Gasteiger charge is 2.06. The van der Waals surface area contributed by atoms with Crippen molar-refractivity contribution in [1.82, 2.24) is 10.2 Å². The van der Waals surface area contributed by atoms with E-state index in [2.05, 4.69) is 20.4 Å². The Bertz CT molecular complexity index is 554. The fourth-order valence-corrected chi connectivity index (χ4v) is 1.55. The summed E-state index contributed by atoms with van der Waals surface area (Å²) in [6.07, 6.45) is 0. The third kappa shape index (κ3) is 2.29. The highest BCUT2D eigenvalue weighted by atomic mass is 35.5. The Labute approximate surface area is 104 Å². The number of azo groups is 1. The van der Waals surface area contributed by atoms with Crippen molar-refractivity contribution in [2.24, 2.45) is 10.2 Å². The minimum Gasteiger partial charge on any atom is -0.380 e. The number of anilines is 1. The minimum atomic E-state index is 0.339. The first-order valence-electron chi connectivity index (χ1n) is 5.07. The Morgan fingerprint density at radius 3 is 2.71 bits per heavy atom. The van der Waals surface area contributed by atoms with Crippen LogP contribution in [-0.4, -0.2) is 10.2 Å². The van der Waals surface area contributed by atoms with Gasteiger partial charge in [0.1, 0.15) is 5.69 Å². The summed E-state index contributed by atoms with van der Waals surface area (Å²) in [5.41, 5.74) is 8.60. The van der Waals surface area contributed by atoms with Crippen LogP contribution in [0.3, 0.4) is 0 Å². The lowest BCUT2D eigenvalue weighted by Gasteiger charge is -2.00. The number of nitrogens with zero attached hydrogens (tertiary/aromatic N) is 3. The molecular formula is C11H12ClN5.